The molecule has 0 radical (unpaired) electrons. The zero-order valence-electron chi connectivity index (χ0n) is 13.6. The Morgan fingerprint density at radius 2 is 2.04 bits per heavy atom. The van der Waals surface area contributed by atoms with Crippen LogP contribution in [0.2, 0.25) is 0 Å². The van der Waals surface area contributed by atoms with Gasteiger partial charge in [-0.05, 0) is 56.7 Å². The third kappa shape index (κ3) is 3.00. The van der Waals surface area contributed by atoms with Crippen LogP contribution < -0.4 is 5.56 Å². The fourth-order valence-corrected chi connectivity index (χ4v) is 4.64. The molecule has 0 aromatic carbocycles. The summed E-state index contributed by atoms with van der Waals surface area (Å²) in [5.41, 5.74) is 0.906. The van der Waals surface area contributed by atoms with E-state index < -0.39 is 0 Å². The van der Waals surface area contributed by atoms with Crippen molar-refractivity contribution in [2.45, 2.75) is 51.7 Å². The molecule has 2 aromatic rings. The summed E-state index contributed by atoms with van der Waals surface area (Å²) in [5.74, 6) is 0.844. The van der Waals surface area contributed by atoms with Gasteiger partial charge in [-0.1, -0.05) is 6.42 Å². The van der Waals surface area contributed by atoms with Gasteiger partial charge in [-0.2, -0.15) is 5.10 Å². The monoisotopic (exact) mass is 329 g/mol. The van der Waals surface area contributed by atoms with Crippen LogP contribution in [0.1, 0.15) is 37.0 Å². The molecule has 4 rings (SSSR count). The van der Waals surface area contributed by atoms with Crippen LogP contribution >= 0.6 is 11.3 Å². The summed E-state index contributed by atoms with van der Waals surface area (Å²) in [4.78, 5) is 17.1. The van der Waals surface area contributed by atoms with E-state index in [-0.39, 0.29) is 5.56 Å². The smallest absolute Gasteiger partial charge is 0.268 e. The normalized spacial score (nSPS) is 22.4. The molecule has 1 atom stereocenters. The molecule has 4 nitrogen and oxygen atoms in total. The fraction of sp³-hybridized carbons (Fsp3) is 0.556. The van der Waals surface area contributed by atoms with Gasteiger partial charge in [-0.15, -0.1) is 11.3 Å². The molecule has 23 heavy (non-hydrogen) atoms. The number of aromatic nitrogens is 2. The van der Waals surface area contributed by atoms with Gasteiger partial charge in [0, 0.05) is 23.5 Å². The van der Waals surface area contributed by atoms with E-state index in [1.54, 1.807) is 22.1 Å². The highest BCUT2D eigenvalue weighted by Crippen LogP contribution is 2.37. The van der Waals surface area contributed by atoms with Gasteiger partial charge in [0.25, 0.3) is 5.56 Å². The molecule has 3 heterocycles. The summed E-state index contributed by atoms with van der Waals surface area (Å²) < 4.78 is 1.65. The van der Waals surface area contributed by atoms with Gasteiger partial charge in [0.05, 0.1) is 11.5 Å². The Balaban J connectivity index is 1.57. The average Bonchev–Trinajstić information content (AvgIpc) is 3.10. The Morgan fingerprint density at radius 1 is 1.17 bits per heavy atom. The summed E-state index contributed by atoms with van der Waals surface area (Å²) in [7, 11) is 0. The molecule has 1 saturated heterocycles. The van der Waals surface area contributed by atoms with Crippen LogP contribution in [0, 0.1) is 12.8 Å². The maximum atomic E-state index is 12.2. The van der Waals surface area contributed by atoms with E-state index in [0.717, 1.165) is 23.0 Å². The second-order valence-corrected chi connectivity index (χ2v) is 8.11. The van der Waals surface area contributed by atoms with Crippen LogP contribution in [-0.4, -0.2) is 27.3 Å². The van der Waals surface area contributed by atoms with Crippen LogP contribution in [0.3, 0.4) is 0 Å². The first-order valence-electron chi connectivity index (χ1n) is 8.60. The van der Waals surface area contributed by atoms with Gasteiger partial charge in [0.1, 0.15) is 5.69 Å². The second kappa shape index (κ2) is 6.21. The Hall–Kier alpha value is -1.46. The second-order valence-electron chi connectivity index (χ2n) is 6.82. The number of thiophene rings is 1. The van der Waals surface area contributed by atoms with Crippen molar-refractivity contribution >= 4 is 11.3 Å². The van der Waals surface area contributed by atoms with Crippen molar-refractivity contribution < 1.29 is 0 Å². The van der Waals surface area contributed by atoms with Gasteiger partial charge < -0.3 is 0 Å². The third-order valence-corrected chi connectivity index (χ3v) is 6.31. The van der Waals surface area contributed by atoms with Crippen molar-refractivity contribution in [1.82, 2.24) is 14.7 Å². The molecule has 0 bridgehead atoms. The van der Waals surface area contributed by atoms with Gasteiger partial charge in [0.15, 0.2) is 0 Å². The van der Waals surface area contributed by atoms with E-state index >= 15 is 0 Å². The summed E-state index contributed by atoms with van der Waals surface area (Å²) in [6, 6.07) is 8.35. The maximum Gasteiger partial charge on any atom is 0.268 e. The van der Waals surface area contributed by atoms with Gasteiger partial charge in [0.2, 0.25) is 0 Å². The highest BCUT2D eigenvalue weighted by molar-refractivity contribution is 7.15. The van der Waals surface area contributed by atoms with Crippen LogP contribution in [0.5, 0.6) is 0 Å². The number of likely N-dealkylation sites (tertiary alicyclic amines) is 1. The molecule has 0 N–H and O–H groups in total. The average molecular weight is 329 g/mol. The van der Waals surface area contributed by atoms with E-state index in [9.17, 15) is 4.79 Å². The first-order chi connectivity index (χ1) is 11.2. The molecule has 2 aliphatic rings. The lowest BCUT2D eigenvalue weighted by Crippen LogP contribution is -2.42. The standard InChI is InChI=1S/C18H23N3OS/c1-13-7-9-17(23-13)15-8-10-18(22)21(19-15)12-20-11-3-6-16(20)14-4-2-5-14/h7-10,14,16H,2-6,11-12H2,1H3. The molecule has 122 valence electrons. The quantitative estimate of drug-likeness (QED) is 0.861. The lowest BCUT2D eigenvalue weighted by molar-refractivity contribution is 0.0990. The van der Waals surface area contributed by atoms with Crippen LogP contribution in [0.4, 0.5) is 0 Å². The van der Waals surface area contributed by atoms with Gasteiger partial charge >= 0.3 is 0 Å². The van der Waals surface area contributed by atoms with Crippen molar-refractivity contribution in [3.05, 3.63) is 39.5 Å². The predicted octanol–water partition coefficient (Wildman–Crippen LogP) is 3.50. The molecule has 1 aliphatic heterocycles. The molecule has 1 saturated carbocycles. The topological polar surface area (TPSA) is 38.1 Å². The summed E-state index contributed by atoms with van der Waals surface area (Å²) >= 11 is 1.72. The molecule has 1 aliphatic carbocycles. The van der Waals surface area contributed by atoms with E-state index in [0.29, 0.717) is 12.7 Å². The van der Waals surface area contributed by atoms with Crippen molar-refractivity contribution in [3.63, 3.8) is 0 Å². The van der Waals surface area contributed by atoms with Crippen molar-refractivity contribution in [1.29, 1.82) is 0 Å². The zero-order valence-corrected chi connectivity index (χ0v) is 14.4. The fourth-order valence-electron chi connectivity index (χ4n) is 3.81. The Morgan fingerprint density at radius 3 is 2.74 bits per heavy atom. The third-order valence-electron chi connectivity index (χ3n) is 5.28. The Kier molecular flexibility index (Phi) is 4.07. The zero-order chi connectivity index (χ0) is 15.8. The largest absolute Gasteiger partial charge is 0.281 e. The Labute approximate surface area is 140 Å². The first kappa shape index (κ1) is 15.1. The number of hydrogen-bond acceptors (Lipinski definition) is 4. The minimum atomic E-state index is 0.00119. The van der Waals surface area contributed by atoms with Crippen molar-refractivity contribution in [3.8, 4) is 10.6 Å². The molecule has 2 aromatic heterocycles. The van der Waals surface area contributed by atoms with Gasteiger partial charge in [-0.25, -0.2) is 4.68 Å². The Bertz CT molecular complexity index is 747. The van der Waals surface area contributed by atoms with E-state index in [1.165, 1.54) is 37.0 Å². The van der Waals surface area contributed by atoms with Crippen molar-refractivity contribution in [2.75, 3.05) is 6.54 Å². The first-order valence-corrected chi connectivity index (χ1v) is 9.41. The number of nitrogens with zero attached hydrogens (tertiary/aromatic N) is 3. The lowest BCUT2D eigenvalue weighted by Gasteiger charge is -2.36. The van der Waals surface area contributed by atoms with E-state index in [4.69, 9.17) is 0 Å². The summed E-state index contributed by atoms with van der Waals surface area (Å²) in [6.45, 7) is 3.83. The number of hydrogen-bond donors (Lipinski definition) is 0. The lowest BCUT2D eigenvalue weighted by atomic mass is 9.79. The highest BCUT2D eigenvalue weighted by atomic mass is 32.1. The predicted molar refractivity (Wildman–Crippen MR) is 93.6 cm³/mol. The maximum absolute atomic E-state index is 12.2. The molecule has 0 spiro atoms. The highest BCUT2D eigenvalue weighted by Gasteiger charge is 2.35. The van der Waals surface area contributed by atoms with Gasteiger partial charge in [-0.3, -0.25) is 9.69 Å². The van der Waals surface area contributed by atoms with Crippen LogP contribution in [0.15, 0.2) is 29.1 Å². The number of aryl methyl sites for hydroxylation is 1. The molecular formula is C18H23N3OS. The molecule has 1 unspecified atom stereocenters. The van der Waals surface area contributed by atoms with E-state index in [2.05, 4.69) is 29.1 Å². The van der Waals surface area contributed by atoms with E-state index in [1.807, 2.05) is 6.07 Å². The summed E-state index contributed by atoms with van der Waals surface area (Å²) in [5, 5.41) is 4.63. The SMILES string of the molecule is Cc1ccc(-c2ccc(=O)n(CN3CCCC3C3CCC3)n2)s1. The minimum Gasteiger partial charge on any atom is -0.281 e. The molecule has 5 heteroatoms. The minimum absolute atomic E-state index is 0.00119. The number of rotatable bonds is 4. The molecule has 0 amide bonds. The molecular weight excluding hydrogens is 306 g/mol. The van der Waals surface area contributed by atoms with Crippen molar-refractivity contribution in [2.24, 2.45) is 5.92 Å². The molecule has 2 fully saturated rings. The van der Waals surface area contributed by atoms with Crippen LogP contribution in [-0.2, 0) is 6.67 Å². The van der Waals surface area contributed by atoms with Crippen LogP contribution in [0.25, 0.3) is 10.6 Å². The summed E-state index contributed by atoms with van der Waals surface area (Å²) in [6.07, 6.45) is 6.62.